The van der Waals surface area contributed by atoms with E-state index in [-0.39, 0.29) is 5.60 Å². The molecule has 0 spiro atoms. The number of aromatic nitrogens is 5. The Kier molecular flexibility index (Phi) is 4.76. The van der Waals surface area contributed by atoms with E-state index in [2.05, 4.69) is 39.0 Å². The number of fused-ring (bicyclic) bond motifs is 5. The predicted molar refractivity (Wildman–Crippen MR) is 128 cm³/mol. The van der Waals surface area contributed by atoms with Gasteiger partial charge in [0.05, 0.1) is 34.4 Å². The van der Waals surface area contributed by atoms with Crippen molar-refractivity contribution in [1.29, 1.82) is 0 Å². The Morgan fingerprint density at radius 2 is 2.06 bits per heavy atom. The van der Waals surface area contributed by atoms with Crippen LogP contribution in [0.5, 0.6) is 0 Å². The third-order valence-electron chi connectivity index (χ3n) is 6.44. The highest BCUT2D eigenvalue weighted by molar-refractivity contribution is 7.26. The minimum absolute atomic E-state index is 0.199. The number of aromatic amines is 1. The smallest absolute Gasteiger partial charge is 0.147 e. The number of H-pyrrole nitrogens is 1. The quantitative estimate of drug-likeness (QED) is 0.474. The molecule has 4 aromatic heterocycles. The zero-order valence-electron chi connectivity index (χ0n) is 18.4. The maximum Gasteiger partial charge on any atom is 0.147 e. The number of anilines is 2. The van der Waals surface area contributed by atoms with Gasteiger partial charge < -0.3 is 19.9 Å². The lowest BCUT2D eigenvalue weighted by atomic mass is 9.90. The molecule has 0 bridgehead atoms. The molecule has 0 aromatic carbocycles. The van der Waals surface area contributed by atoms with Crippen LogP contribution in [-0.2, 0) is 24.2 Å². The number of thiophene rings is 1. The van der Waals surface area contributed by atoms with E-state index in [1.54, 1.807) is 24.0 Å². The lowest BCUT2D eigenvalue weighted by molar-refractivity contribution is -0.0395. The number of pyridine rings is 1. The molecular weight excluding hydrogens is 422 g/mol. The molecule has 8 nitrogen and oxygen atoms in total. The Hall–Kier alpha value is -2.78. The van der Waals surface area contributed by atoms with Gasteiger partial charge in [0.15, 0.2) is 0 Å². The molecule has 2 aliphatic heterocycles. The van der Waals surface area contributed by atoms with E-state index in [4.69, 9.17) is 14.7 Å². The van der Waals surface area contributed by atoms with E-state index in [9.17, 15) is 0 Å². The van der Waals surface area contributed by atoms with Crippen LogP contribution in [0.1, 0.15) is 43.5 Å². The summed E-state index contributed by atoms with van der Waals surface area (Å²) in [5.41, 5.74) is 4.42. The van der Waals surface area contributed by atoms with Crippen LogP contribution >= 0.6 is 11.3 Å². The van der Waals surface area contributed by atoms with Crippen molar-refractivity contribution in [3.05, 3.63) is 35.7 Å². The number of nitrogens with one attached hydrogen (secondary N) is 2. The van der Waals surface area contributed by atoms with Crippen LogP contribution in [0.3, 0.4) is 0 Å². The Labute approximate surface area is 190 Å². The summed E-state index contributed by atoms with van der Waals surface area (Å²) in [7, 11) is 0. The maximum absolute atomic E-state index is 6.22. The third-order valence-corrected chi connectivity index (χ3v) is 7.52. The molecule has 0 aliphatic carbocycles. The van der Waals surface area contributed by atoms with Gasteiger partial charge in [-0.15, -0.1) is 11.3 Å². The first kappa shape index (κ1) is 19.9. The molecular formula is C23H27N7OS. The van der Waals surface area contributed by atoms with E-state index < -0.39 is 0 Å². The molecule has 2 aliphatic rings. The lowest BCUT2D eigenvalue weighted by Gasteiger charge is -2.34. The van der Waals surface area contributed by atoms with E-state index >= 15 is 0 Å². The molecule has 4 aromatic rings. The third kappa shape index (κ3) is 3.40. The lowest BCUT2D eigenvalue weighted by Crippen LogP contribution is -2.33. The zero-order valence-corrected chi connectivity index (χ0v) is 19.3. The molecule has 6 heterocycles. The van der Waals surface area contributed by atoms with E-state index in [1.807, 2.05) is 6.20 Å². The van der Waals surface area contributed by atoms with Gasteiger partial charge in [0.1, 0.15) is 22.8 Å². The SMILES string of the molecule is CC1(C)Cc2c(c(N3CCCC3)nc3sc4c(NCCc5c[nH]cn5)ncnc4c23)CO1. The average Bonchev–Trinajstić information content (AvgIpc) is 3.53. The molecule has 0 radical (unpaired) electrons. The first-order valence-electron chi connectivity index (χ1n) is 11.3. The highest BCUT2D eigenvalue weighted by Crippen LogP contribution is 2.44. The molecule has 1 fully saturated rings. The fourth-order valence-corrected chi connectivity index (χ4v) is 5.96. The largest absolute Gasteiger partial charge is 0.370 e. The minimum atomic E-state index is -0.199. The Bertz CT molecular complexity index is 1270. The van der Waals surface area contributed by atoms with Gasteiger partial charge in [0.2, 0.25) is 0 Å². The summed E-state index contributed by atoms with van der Waals surface area (Å²) in [5.74, 6) is 1.98. The van der Waals surface area contributed by atoms with Crippen molar-refractivity contribution in [2.75, 3.05) is 29.9 Å². The summed E-state index contributed by atoms with van der Waals surface area (Å²) < 4.78 is 7.30. The topological polar surface area (TPSA) is 91.9 Å². The van der Waals surface area contributed by atoms with Crippen LogP contribution < -0.4 is 10.2 Å². The summed E-state index contributed by atoms with van der Waals surface area (Å²) >= 11 is 1.69. The Balaban J connectivity index is 1.46. The van der Waals surface area contributed by atoms with Crippen LogP contribution in [0.2, 0.25) is 0 Å². The molecule has 2 N–H and O–H groups in total. The maximum atomic E-state index is 6.22. The summed E-state index contributed by atoms with van der Waals surface area (Å²) in [6.45, 7) is 7.84. The van der Waals surface area contributed by atoms with E-state index in [1.165, 1.54) is 29.4 Å². The van der Waals surface area contributed by atoms with Crippen LogP contribution in [0.15, 0.2) is 18.9 Å². The minimum Gasteiger partial charge on any atom is -0.370 e. The molecule has 0 unspecified atom stereocenters. The number of hydrogen-bond donors (Lipinski definition) is 2. The molecule has 0 amide bonds. The summed E-state index contributed by atoms with van der Waals surface area (Å²) in [6, 6.07) is 0. The van der Waals surface area contributed by atoms with E-state index in [0.717, 1.165) is 64.9 Å². The molecule has 1 saturated heterocycles. The second-order valence-corrected chi connectivity index (χ2v) is 10.2. The van der Waals surface area contributed by atoms with Crippen molar-refractivity contribution >= 4 is 43.4 Å². The van der Waals surface area contributed by atoms with Crippen molar-refractivity contribution in [2.45, 2.75) is 51.7 Å². The Morgan fingerprint density at radius 1 is 1.19 bits per heavy atom. The second-order valence-electron chi connectivity index (χ2n) is 9.23. The summed E-state index contributed by atoms with van der Waals surface area (Å²) in [4.78, 5) is 25.2. The fraction of sp³-hybridized carbons (Fsp3) is 0.478. The first-order chi connectivity index (χ1) is 15.6. The van der Waals surface area contributed by atoms with Crippen LogP contribution in [-0.4, -0.2) is 50.2 Å². The van der Waals surface area contributed by atoms with Crippen molar-refractivity contribution in [3.63, 3.8) is 0 Å². The van der Waals surface area contributed by atoms with Crippen molar-refractivity contribution in [3.8, 4) is 0 Å². The highest BCUT2D eigenvalue weighted by atomic mass is 32.1. The summed E-state index contributed by atoms with van der Waals surface area (Å²) in [6.07, 6.45) is 9.44. The van der Waals surface area contributed by atoms with Gasteiger partial charge in [0, 0.05) is 49.6 Å². The summed E-state index contributed by atoms with van der Waals surface area (Å²) in [5, 5.41) is 4.67. The van der Waals surface area contributed by atoms with Crippen LogP contribution in [0.4, 0.5) is 11.6 Å². The first-order valence-corrected chi connectivity index (χ1v) is 12.1. The number of ether oxygens (including phenoxy) is 1. The number of hydrogen-bond acceptors (Lipinski definition) is 8. The molecule has 9 heteroatoms. The Morgan fingerprint density at radius 3 is 2.88 bits per heavy atom. The molecule has 166 valence electrons. The normalized spacial score (nSPS) is 17.9. The van der Waals surface area contributed by atoms with Gasteiger partial charge in [0.25, 0.3) is 0 Å². The van der Waals surface area contributed by atoms with Gasteiger partial charge in [-0.25, -0.2) is 19.9 Å². The highest BCUT2D eigenvalue weighted by Gasteiger charge is 2.33. The van der Waals surface area contributed by atoms with Gasteiger partial charge in [-0.1, -0.05) is 0 Å². The monoisotopic (exact) mass is 449 g/mol. The number of nitrogens with zero attached hydrogens (tertiary/aromatic N) is 5. The van der Waals surface area contributed by atoms with Crippen LogP contribution in [0.25, 0.3) is 20.4 Å². The number of rotatable bonds is 5. The zero-order chi connectivity index (χ0) is 21.7. The van der Waals surface area contributed by atoms with Gasteiger partial charge in [-0.3, -0.25) is 0 Å². The number of imidazole rings is 1. The van der Waals surface area contributed by atoms with Crippen LogP contribution in [0, 0.1) is 0 Å². The standard InChI is InChI=1S/C23H27N7OS/c1-23(2)9-15-16(11-31-23)21(30-7-3-4-8-30)29-22-17(15)18-19(32-22)20(28-13-27-18)25-6-5-14-10-24-12-26-14/h10,12-13H,3-9,11H2,1-2H3,(H,24,26)(H,25,27,28). The predicted octanol–water partition coefficient (Wildman–Crippen LogP) is 4.07. The van der Waals surface area contributed by atoms with Crippen molar-refractivity contribution < 1.29 is 4.74 Å². The molecule has 0 saturated carbocycles. The fourth-order valence-electron chi connectivity index (χ4n) is 4.84. The van der Waals surface area contributed by atoms with Gasteiger partial charge >= 0.3 is 0 Å². The molecule has 0 atom stereocenters. The average molecular weight is 450 g/mol. The van der Waals surface area contributed by atoms with Crippen molar-refractivity contribution in [2.24, 2.45) is 0 Å². The molecule has 6 rings (SSSR count). The second kappa shape index (κ2) is 7.67. The van der Waals surface area contributed by atoms with E-state index in [0.29, 0.717) is 6.61 Å². The van der Waals surface area contributed by atoms with Gasteiger partial charge in [-0.2, -0.15) is 0 Å². The van der Waals surface area contributed by atoms with Crippen molar-refractivity contribution in [1.82, 2.24) is 24.9 Å². The van der Waals surface area contributed by atoms with Gasteiger partial charge in [-0.05, 0) is 32.3 Å². The molecule has 32 heavy (non-hydrogen) atoms.